The van der Waals surface area contributed by atoms with E-state index in [0.717, 1.165) is 10.9 Å². The average Bonchev–Trinajstić information content (AvgIpc) is 2.99. The normalized spacial score (nSPS) is 12.1. The van der Waals surface area contributed by atoms with E-state index in [4.69, 9.17) is 4.74 Å². The van der Waals surface area contributed by atoms with Crippen LogP contribution in [0, 0.1) is 5.82 Å². The first kappa shape index (κ1) is 15.1. The van der Waals surface area contributed by atoms with Crippen LogP contribution in [0.4, 0.5) is 4.39 Å². The molecule has 118 valence electrons. The standard InChI is InChI=1S/C18H17FN2O2/c1-11(12-7-8-17(23-2)14(19)9-12)20-18(22)16-10-13-5-3-4-6-15(13)21-16/h3-11,21H,1-2H3,(H,20,22)/t11-/m0/s1. The van der Waals surface area contributed by atoms with E-state index in [1.54, 1.807) is 18.2 Å². The number of carbonyl (C=O) groups is 1. The monoisotopic (exact) mass is 312 g/mol. The van der Waals surface area contributed by atoms with Gasteiger partial charge in [-0.3, -0.25) is 4.79 Å². The van der Waals surface area contributed by atoms with Crippen LogP contribution in [0.1, 0.15) is 29.0 Å². The highest BCUT2D eigenvalue weighted by molar-refractivity contribution is 5.98. The predicted molar refractivity (Wildman–Crippen MR) is 87.1 cm³/mol. The van der Waals surface area contributed by atoms with E-state index < -0.39 is 5.82 Å². The Bertz CT molecular complexity index is 824. The van der Waals surface area contributed by atoms with Gasteiger partial charge in [0.1, 0.15) is 5.69 Å². The zero-order valence-corrected chi connectivity index (χ0v) is 12.9. The van der Waals surface area contributed by atoms with E-state index >= 15 is 0 Å². The van der Waals surface area contributed by atoms with Crippen molar-refractivity contribution < 1.29 is 13.9 Å². The molecule has 0 fully saturated rings. The van der Waals surface area contributed by atoms with Crippen LogP contribution in [0.5, 0.6) is 5.75 Å². The van der Waals surface area contributed by atoms with Gasteiger partial charge in [0.05, 0.1) is 13.2 Å². The molecular formula is C18H17FN2O2. The van der Waals surface area contributed by atoms with Crippen LogP contribution in [0.25, 0.3) is 10.9 Å². The van der Waals surface area contributed by atoms with Gasteiger partial charge in [-0.25, -0.2) is 4.39 Å². The summed E-state index contributed by atoms with van der Waals surface area (Å²) in [5.74, 6) is -0.496. The Hall–Kier alpha value is -2.82. The molecule has 0 unspecified atom stereocenters. The van der Waals surface area contributed by atoms with Gasteiger partial charge in [-0.2, -0.15) is 0 Å². The Kier molecular flexibility index (Phi) is 4.02. The molecule has 0 aliphatic carbocycles. The number of para-hydroxylation sites is 1. The summed E-state index contributed by atoms with van der Waals surface area (Å²) < 4.78 is 18.7. The summed E-state index contributed by atoms with van der Waals surface area (Å²) in [6, 6.07) is 13.8. The fraction of sp³-hybridized carbons (Fsp3) is 0.167. The summed E-state index contributed by atoms with van der Waals surface area (Å²) >= 11 is 0. The lowest BCUT2D eigenvalue weighted by atomic mass is 10.1. The number of carbonyl (C=O) groups excluding carboxylic acids is 1. The maximum Gasteiger partial charge on any atom is 0.268 e. The minimum Gasteiger partial charge on any atom is -0.494 e. The van der Waals surface area contributed by atoms with E-state index in [1.807, 2.05) is 31.2 Å². The number of benzene rings is 2. The minimum absolute atomic E-state index is 0.183. The SMILES string of the molecule is COc1ccc([C@H](C)NC(=O)c2cc3ccccc3[nH]2)cc1F. The van der Waals surface area contributed by atoms with Crippen molar-refractivity contribution in [2.75, 3.05) is 7.11 Å². The lowest BCUT2D eigenvalue weighted by Crippen LogP contribution is -2.26. The van der Waals surface area contributed by atoms with Crippen LogP contribution >= 0.6 is 0 Å². The summed E-state index contributed by atoms with van der Waals surface area (Å²) in [4.78, 5) is 15.4. The van der Waals surface area contributed by atoms with Crippen LogP contribution in [0.2, 0.25) is 0 Å². The Morgan fingerprint density at radius 3 is 2.70 bits per heavy atom. The number of nitrogens with one attached hydrogen (secondary N) is 2. The fourth-order valence-corrected chi connectivity index (χ4v) is 2.51. The first-order chi connectivity index (χ1) is 11.1. The summed E-state index contributed by atoms with van der Waals surface area (Å²) in [6.45, 7) is 1.81. The largest absolute Gasteiger partial charge is 0.494 e. The number of aromatic nitrogens is 1. The van der Waals surface area contributed by atoms with Gasteiger partial charge in [-0.1, -0.05) is 24.3 Å². The second-order valence-corrected chi connectivity index (χ2v) is 5.36. The van der Waals surface area contributed by atoms with Crippen LogP contribution in [0.3, 0.4) is 0 Å². The van der Waals surface area contributed by atoms with Crippen molar-refractivity contribution in [2.45, 2.75) is 13.0 Å². The molecule has 5 heteroatoms. The van der Waals surface area contributed by atoms with Crippen molar-refractivity contribution in [1.29, 1.82) is 0 Å². The number of methoxy groups -OCH3 is 1. The Morgan fingerprint density at radius 1 is 1.22 bits per heavy atom. The molecule has 0 bridgehead atoms. The number of hydrogen-bond donors (Lipinski definition) is 2. The maximum absolute atomic E-state index is 13.8. The Labute approximate surface area is 133 Å². The zero-order chi connectivity index (χ0) is 16.4. The van der Waals surface area contributed by atoms with E-state index in [-0.39, 0.29) is 17.7 Å². The van der Waals surface area contributed by atoms with Gasteiger partial charge in [0.25, 0.3) is 5.91 Å². The second kappa shape index (κ2) is 6.12. The molecule has 3 rings (SSSR count). The van der Waals surface area contributed by atoms with Gasteiger partial charge in [0, 0.05) is 10.9 Å². The third-order valence-electron chi connectivity index (χ3n) is 3.80. The molecule has 3 aromatic rings. The van der Waals surface area contributed by atoms with E-state index in [0.29, 0.717) is 11.3 Å². The average molecular weight is 312 g/mol. The smallest absolute Gasteiger partial charge is 0.268 e. The number of ether oxygens (including phenoxy) is 1. The molecule has 0 radical (unpaired) electrons. The molecule has 1 aromatic heterocycles. The predicted octanol–water partition coefficient (Wildman–Crippen LogP) is 3.81. The topological polar surface area (TPSA) is 54.1 Å². The molecule has 2 N–H and O–H groups in total. The van der Waals surface area contributed by atoms with Crippen LogP contribution < -0.4 is 10.1 Å². The summed E-state index contributed by atoms with van der Waals surface area (Å²) in [5, 5.41) is 3.83. The highest BCUT2D eigenvalue weighted by Gasteiger charge is 2.15. The number of halogens is 1. The van der Waals surface area contributed by atoms with Crippen LogP contribution in [-0.4, -0.2) is 18.0 Å². The highest BCUT2D eigenvalue weighted by Crippen LogP contribution is 2.22. The Balaban J connectivity index is 1.77. The number of aromatic amines is 1. The van der Waals surface area contributed by atoms with Gasteiger partial charge < -0.3 is 15.0 Å². The van der Waals surface area contributed by atoms with Crippen LogP contribution in [-0.2, 0) is 0 Å². The summed E-state index contributed by atoms with van der Waals surface area (Å²) in [7, 11) is 1.42. The molecule has 0 aliphatic heterocycles. The van der Waals surface area contributed by atoms with Crippen molar-refractivity contribution in [2.24, 2.45) is 0 Å². The van der Waals surface area contributed by atoms with Gasteiger partial charge in [0.15, 0.2) is 11.6 Å². The molecule has 1 atom stereocenters. The number of fused-ring (bicyclic) bond motifs is 1. The number of hydrogen-bond acceptors (Lipinski definition) is 2. The highest BCUT2D eigenvalue weighted by atomic mass is 19.1. The molecule has 2 aromatic carbocycles. The third-order valence-corrected chi connectivity index (χ3v) is 3.80. The molecule has 4 nitrogen and oxygen atoms in total. The summed E-state index contributed by atoms with van der Waals surface area (Å²) in [6.07, 6.45) is 0. The van der Waals surface area contributed by atoms with E-state index in [2.05, 4.69) is 10.3 Å². The molecule has 1 heterocycles. The second-order valence-electron chi connectivity index (χ2n) is 5.36. The molecule has 1 amide bonds. The molecule has 0 saturated carbocycles. The fourth-order valence-electron chi connectivity index (χ4n) is 2.51. The lowest BCUT2D eigenvalue weighted by Gasteiger charge is -2.14. The van der Waals surface area contributed by atoms with Gasteiger partial charge in [0.2, 0.25) is 0 Å². The third kappa shape index (κ3) is 3.04. The molecular weight excluding hydrogens is 295 g/mol. The molecule has 0 saturated heterocycles. The van der Waals surface area contributed by atoms with E-state index in [9.17, 15) is 9.18 Å². The van der Waals surface area contributed by atoms with Gasteiger partial charge in [-0.15, -0.1) is 0 Å². The number of H-pyrrole nitrogens is 1. The van der Waals surface area contributed by atoms with E-state index in [1.165, 1.54) is 13.2 Å². The molecule has 23 heavy (non-hydrogen) atoms. The lowest BCUT2D eigenvalue weighted by molar-refractivity contribution is 0.0935. The zero-order valence-electron chi connectivity index (χ0n) is 12.9. The number of amides is 1. The first-order valence-corrected chi connectivity index (χ1v) is 7.30. The minimum atomic E-state index is -0.447. The maximum atomic E-state index is 13.8. The summed E-state index contributed by atoms with van der Waals surface area (Å²) in [5.41, 5.74) is 2.06. The van der Waals surface area contributed by atoms with Crippen molar-refractivity contribution in [3.8, 4) is 5.75 Å². The van der Waals surface area contributed by atoms with Gasteiger partial charge in [-0.05, 0) is 36.8 Å². The van der Waals surface area contributed by atoms with Gasteiger partial charge >= 0.3 is 0 Å². The Morgan fingerprint density at radius 2 is 2.00 bits per heavy atom. The van der Waals surface area contributed by atoms with Crippen molar-refractivity contribution in [3.63, 3.8) is 0 Å². The van der Waals surface area contributed by atoms with Crippen LogP contribution in [0.15, 0.2) is 48.5 Å². The quantitative estimate of drug-likeness (QED) is 0.770. The van der Waals surface area contributed by atoms with Crippen molar-refractivity contribution in [3.05, 3.63) is 65.6 Å². The number of rotatable bonds is 4. The molecule has 0 aliphatic rings. The first-order valence-electron chi connectivity index (χ1n) is 7.30. The van der Waals surface area contributed by atoms with Crippen molar-refractivity contribution in [1.82, 2.24) is 10.3 Å². The van der Waals surface area contributed by atoms with Crippen molar-refractivity contribution >= 4 is 16.8 Å². The molecule has 0 spiro atoms.